The zero-order chi connectivity index (χ0) is 17.2. The third-order valence-corrected chi connectivity index (χ3v) is 4.76. The van der Waals surface area contributed by atoms with Crippen LogP contribution in [0.2, 0.25) is 0 Å². The van der Waals surface area contributed by atoms with Gasteiger partial charge in [0, 0.05) is 30.8 Å². The van der Waals surface area contributed by atoms with Crippen molar-refractivity contribution in [1.29, 1.82) is 0 Å². The van der Waals surface area contributed by atoms with E-state index in [-0.39, 0.29) is 11.6 Å². The zero-order valence-electron chi connectivity index (χ0n) is 14.1. The quantitative estimate of drug-likeness (QED) is 0.788. The maximum absolute atomic E-state index is 14.0. The summed E-state index contributed by atoms with van der Waals surface area (Å²) in [6.45, 7) is 2.73. The van der Waals surface area contributed by atoms with E-state index in [0.29, 0.717) is 0 Å². The van der Waals surface area contributed by atoms with E-state index in [4.69, 9.17) is 4.74 Å². The third-order valence-electron chi connectivity index (χ3n) is 4.76. The molecule has 0 atom stereocenters. The van der Waals surface area contributed by atoms with Crippen molar-refractivity contribution in [2.75, 3.05) is 13.7 Å². The predicted molar refractivity (Wildman–Crippen MR) is 94.8 cm³/mol. The van der Waals surface area contributed by atoms with E-state index < -0.39 is 0 Å². The molecule has 1 N–H and O–H groups in total. The summed E-state index contributed by atoms with van der Waals surface area (Å²) in [5, 5.41) is 7.19. The number of benzene rings is 2. The number of rotatable bonds is 4. The molecule has 0 unspecified atom stereocenters. The van der Waals surface area contributed by atoms with Gasteiger partial charge in [0.25, 0.3) is 0 Å². The van der Waals surface area contributed by atoms with Crippen molar-refractivity contribution in [3.8, 4) is 17.0 Å². The smallest absolute Gasteiger partial charge is 0.165 e. The molecular weight excluding hydrogens is 317 g/mol. The Kier molecular flexibility index (Phi) is 4.24. The minimum atomic E-state index is -0.368. The molecule has 1 aliphatic rings. The number of aromatic nitrogens is 2. The maximum atomic E-state index is 14.0. The highest BCUT2D eigenvalue weighted by Gasteiger charge is 2.18. The van der Waals surface area contributed by atoms with Gasteiger partial charge in [-0.15, -0.1) is 0 Å². The van der Waals surface area contributed by atoms with Crippen LogP contribution in [0.3, 0.4) is 0 Å². The number of nitrogens with one attached hydrogen (secondary N) is 1. The largest absolute Gasteiger partial charge is 0.494 e. The van der Waals surface area contributed by atoms with Crippen molar-refractivity contribution in [3.05, 3.63) is 71.2 Å². The number of nitrogens with zero attached hydrogens (tertiary/aromatic N) is 2. The van der Waals surface area contributed by atoms with Crippen molar-refractivity contribution in [1.82, 2.24) is 15.1 Å². The number of halogens is 1. The molecule has 1 aliphatic heterocycles. The molecule has 4 nitrogen and oxygen atoms in total. The Morgan fingerprint density at radius 2 is 2.04 bits per heavy atom. The SMILES string of the molecule is COc1ccc(-c2[nH]ncc2CN2CCc3ccccc3C2)cc1F. The monoisotopic (exact) mass is 337 g/mol. The molecule has 0 bridgehead atoms. The molecule has 5 heteroatoms. The first-order chi connectivity index (χ1) is 12.2. The van der Waals surface area contributed by atoms with Crippen LogP contribution in [-0.2, 0) is 19.5 Å². The average Bonchev–Trinajstić information content (AvgIpc) is 3.09. The third kappa shape index (κ3) is 3.15. The lowest BCUT2D eigenvalue weighted by Crippen LogP contribution is -2.30. The number of fused-ring (bicyclic) bond motifs is 1. The summed E-state index contributed by atoms with van der Waals surface area (Å²) in [6, 6.07) is 13.6. The zero-order valence-corrected chi connectivity index (χ0v) is 14.1. The lowest BCUT2D eigenvalue weighted by Gasteiger charge is -2.28. The number of H-pyrrole nitrogens is 1. The Balaban J connectivity index is 1.56. The molecule has 0 saturated carbocycles. The summed E-state index contributed by atoms with van der Waals surface area (Å²) in [5.74, 6) is -0.120. The fourth-order valence-corrected chi connectivity index (χ4v) is 3.43. The highest BCUT2D eigenvalue weighted by molar-refractivity contribution is 5.63. The normalized spacial score (nSPS) is 14.3. The summed E-state index contributed by atoms with van der Waals surface area (Å²) in [6.07, 6.45) is 2.89. The van der Waals surface area contributed by atoms with Crippen LogP contribution in [0.25, 0.3) is 11.3 Å². The lowest BCUT2D eigenvalue weighted by atomic mass is 9.99. The van der Waals surface area contributed by atoms with E-state index in [1.54, 1.807) is 6.07 Å². The molecule has 128 valence electrons. The van der Waals surface area contributed by atoms with Crippen LogP contribution in [0.1, 0.15) is 16.7 Å². The van der Waals surface area contributed by atoms with Gasteiger partial charge in [-0.2, -0.15) is 5.10 Å². The van der Waals surface area contributed by atoms with Crippen molar-refractivity contribution in [2.45, 2.75) is 19.5 Å². The summed E-state index contributed by atoms with van der Waals surface area (Å²) < 4.78 is 19.0. The average molecular weight is 337 g/mol. The van der Waals surface area contributed by atoms with Crippen LogP contribution in [0.5, 0.6) is 5.75 Å². The van der Waals surface area contributed by atoms with E-state index in [1.165, 1.54) is 24.3 Å². The molecule has 2 heterocycles. The van der Waals surface area contributed by atoms with E-state index in [0.717, 1.165) is 42.9 Å². The van der Waals surface area contributed by atoms with Gasteiger partial charge in [-0.1, -0.05) is 24.3 Å². The van der Waals surface area contributed by atoms with Gasteiger partial charge in [0.2, 0.25) is 0 Å². The Bertz CT molecular complexity index is 890. The second kappa shape index (κ2) is 6.69. The topological polar surface area (TPSA) is 41.1 Å². The molecule has 1 aromatic heterocycles. The van der Waals surface area contributed by atoms with Crippen LogP contribution in [-0.4, -0.2) is 28.8 Å². The first-order valence-corrected chi connectivity index (χ1v) is 8.40. The van der Waals surface area contributed by atoms with Crippen molar-refractivity contribution < 1.29 is 9.13 Å². The highest BCUT2D eigenvalue weighted by atomic mass is 19.1. The molecule has 3 aromatic rings. The molecular formula is C20H20FN3O. The van der Waals surface area contributed by atoms with E-state index in [9.17, 15) is 4.39 Å². The molecule has 0 aliphatic carbocycles. The van der Waals surface area contributed by atoms with Crippen LogP contribution in [0, 0.1) is 5.82 Å². The minimum absolute atomic E-state index is 0.248. The van der Waals surface area contributed by atoms with Crippen LogP contribution in [0.4, 0.5) is 4.39 Å². The van der Waals surface area contributed by atoms with Gasteiger partial charge in [-0.05, 0) is 35.7 Å². The summed E-state index contributed by atoms with van der Waals surface area (Å²) >= 11 is 0. The molecule has 25 heavy (non-hydrogen) atoms. The second-order valence-electron chi connectivity index (χ2n) is 6.35. The van der Waals surface area contributed by atoms with Gasteiger partial charge in [0.1, 0.15) is 0 Å². The number of methoxy groups -OCH3 is 1. The van der Waals surface area contributed by atoms with Crippen molar-refractivity contribution in [3.63, 3.8) is 0 Å². The summed E-state index contributed by atoms with van der Waals surface area (Å²) in [5.41, 5.74) is 5.53. The Hall–Kier alpha value is -2.66. The molecule has 0 radical (unpaired) electrons. The van der Waals surface area contributed by atoms with Gasteiger partial charge < -0.3 is 4.74 Å². The van der Waals surface area contributed by atoms with Crippen LogP contribution in [0.15, 0.2) is 48.7 Å². The van der Waals surface area contributed by atoms with Gasteiger partial charge in [0.15, 0.2) is 11.6 Å². The first kappa shape index (κ1) is 15.8. The van der Waals surface area contributed by atoms with Crippen LogP contribution < -0.4 is 4.74 Å². The van der Waals surface area contributed by atoms with Crippen LogP contribution >= 0.6 is 0 Å². The Morgan fingerprint density at radius 1 is 1.20 bits per heavy atom. The second-order valence-corrected chi connectivity index (χ2v) is 6.35. The molecule has 0 fully saturated rings. The maximum Gasteiger partial charge on any atom is 0.165 e. The van der Waals surface area contributed by atoms with Crippen molar-refractivity contribution in [2.24, 2.45) is 0 Å². The number of ether oxygens (including phenoxy) is 1. The standard InChI is InChI=1S/C20H20FN3O/c1-25-19-7-6-15(10-18(19)21)20-17(11-22-23-20)13-24-9-8-14-4-2-3-5-16(14)12-24/h2-7,10-11H,8-9,12-13H2,1H3,(H,22,23). The molecule has 4 rings (SSSR count). The molecule has 0 spiro atoms. The number of hydrogen-bond acceptors (Lipinski definition) is 3. The Labute approximate surface area is 146 Å². The minimum Gasteiger partial charge on any atom is -0.494 e. The summed E-state index contributed by atoms with van der Waals surface area (Å²) in [7, 11) is 1.47. The van der Waals surface area contributed by atoms with Crippen molar-refractivity contribution >= 4 is 0 Å². The van der Waals surface area contributed by atoms with Gasteiger partial charge in [0.05, 0.1) is 19.0 Å². The van der Waals surface area contributed by atoms with E-state index in [2.05, 4.69) is 39.4 Å². The van der Waals surface area contributed by atoms with Gasteiger partial charge in [-0.3, -0.25) is 10.00 Å². The molecule has 0 saturated heterocycles. The fourth-order valence-electron chi connectivity index (χ4n) is 3.43. The van der Waals surface area contributed by atoms with E-state index in [1.807, 2.05) is 12.3 Å². The number of aromatic amines is 1. The summed E-state index contributed by atoms with van der Waals surface area (Å²) in [4.78, 5) is 2.40. The first-order valence-electron chi connectivity index (χ1n) is 8.40. The highest BCUT2D eigenvalue weighted by Crippen LogP contribution is 2.28. The molecule has 2 aromatic carbocycles. The number of hydrogen-bond donors (Lipinski definition) is 1. The lowest BCUT2D eigenvalue weighted by molar-refractivity contribution is 0.246. The van der Waals surface area contributed by atoms with E-state index >= 15 is 0 Å². The predicted octanol–water partition coefficient (Wildman–Crippen LogP) is 3.78. The van der Waals surface area contributed by atoms with Gasteiger partial charge in [-0.25, -0.2) is 4.39 Å². The fraction of sp³-hybridized carbons (Fsp3) is 0.250. The Morgan fingerprint density at radius 3 is 2.84 bits per heavy atom. The molecule has 0 amide bonds. The van der Waals surface area contributed by atoms with Gasteiger partial charge >= 0.3 is 0 Å².